The summed E-state index contributed by atoms with van der Waals surface area (Å²) in [4.78, 5) is 17.1. The van der Waals surface area contributed by atoms with Crippen LogP contribution in [0.5, 0.6) is 0 Å². The van der Waals surface area contributed by atoms with Gasteiger partial charge in [0.1, 0.15) is 0 Å². The van der Waals surface area contributed by atoms with Crippen LogP contribution in [-0.4, -0.2) is 68.2 Å². The van der Waals surface area contributed by atoms with Crippen LogP contribution in [0.3, 0.4) is 0 Å². The van der Waals surface area contributed by atoms with E-state index in [1.54, 1.807) is 0 Å². The molecule has 0 saturated carbocycles. The Kier molecular flexibility index (Phi) is 8.00. The Bertz CT molecular complexity index is 837. The lowest BCUT2D eigenvalue weighted by Crippen LogP contribution is -2.44. The highest BCUT2D eigenvalue weighted by molar-refractivity contribution is 5.87. The third kappa shape index (κ3) is 6.26. The number of amides is 1. The van der Waals surface area contributed by atoms with Crippen molar-refractivity contribution in [3.63, 3.8) is 0 Å². The first-order chi connectivity index (χ1) is 14.2. The molecule has 0 spiro atoms. The summed E-state index contributed by atoms with van der Waals surface area (Å²) in [6, 6.07) is 16.5. The van der Waals surface area contributed by atoms with Gasteiger partial charge in [-0.3, -0.25) is 14.6 Å². The molecule has 1 aliphatic heterocycles. The maximum Gasteiger partial charge on any atom is 0.234 e. The third-order valence-electron chi connectivity index (χ3n) is 5.41. The van der Waals surface area contributed by atoms with Crippen LogP contribution in [0.1, 0.15) is 24.9 Å². The van der Waals surface area contributed by atoms with E-state index in [-0.39, 0.29) is 11.9 Å². The maximum absolute atomic E-state index is 12.7. The monoisotopic (exact) mass is 394 g/mol. The van der Waals surface area contributed by atoms with Crippen molar-refractivity contribution >= 4 is 16.7 Å². The van der Waals surface area contributed by atoms with Crippen LogP contribution in [0.25, 0.3) is 10.8 Å². The zero-order valence-corrected chi connectivity index (χ0v) is 17.1. The normalized spacial score (nSPS) is 15.9. The molecular weight excluding hydrogens is 364 g/mol. The van der Waals surface area contributed by atoms with E-state index in [1.807, 2.05) is 25.1 Å². The van der Waals surface area contributed by atoms with Crippen LogP contribution >= 0.6 is 0 Å². The Hall–Kier alpha value is -2.46. The van der Waals surface area contributed by atoms with Gasteiger partial charge in [0.05, 0.1) is 31.9 Å². The minimum atomic E-state index is -0.0781. The molecule has 1 aliphatic rings. The van der Waals surface area contributed by atoms with Crippen molar-refractivity contribution in [2.75, 3.05) is 52.5 Å². The van der Waals surface area contributed by atoms with Crippen LogP contribution in [-0.2, 0) is 9.53 Å². The average molecular weight is 395 g/mol. The van der Waals surface area contributed by atoms with Crippen LogP contribution in [0.4, 0.5) is 0 Å². The summed E-state index contributed by atoms with van der Waals surface area (Å²) in [7, 11) is 0. The second kappa shape index (κ2) is 10.9. The van der Waals surface area contributed by atoms with Gasteiger partial charge in [0, 0.05) is 39.1 Å². The van der Waals surface area contributed by atoms with Gasteiger partial charge in [-0.2, -0.15) is 5.26 Å². The standard InChI is InChI=1S/C23H30N4O2/c1-19(21-9-4-7-20-6-2-3-8-22(20)21)25-23(28)18-27(11-5-10-24)13-12-26-14-16-29-17-15-26/h2-4,6-9,19H,5,11-18H2,1H3,(H,25,28). The summed E-state index contributed by atoms with van der Waals surface area (Å²) in [5, 5.41) is 14.4. The number of carbonyl (C=O) groups excluding carboxylic acids is 1. The first-order valence-electron chi connectivity index (χ1n) is 10.3. The van der Waals surface area contributed by atoms with Gasteiger partial charge >= 0.3 is 0 Å². The molecule has 0 radical (unpaired) electrons. The van der Waals surface area contributed by atoms with E-state index in [4.69, 9.17) is 10.00 Å². The Morgan fingerprint density at radius 2 is 1.97 bits per heavy atom. The lowest BCUT2D eigenvalue weighted by Gasteiger charge is -2.29. The molecule has 154 valence electrons. The molecule has 1 heterocycles. The van der Waals surface area contributed by atoms with E-state index in [0.717, 1.165) is 50.3 Å². The first-order valence-corrected chi connectivity index (χ1v) is 10.3. The number of fused-ring (bicyclic) bond motifs is 1. The Labute approximate surface area is 173 Å². The number of hydrogen-bond donors (Lipinski definition) is 1. The molecule has 0 bridgehead atoms. The van der Waals surface area contributed by atoms with Gasteiger partial charge in [-0.05, 0) is 23.3 Å². The van der Waals surface area contributed by atoms with E-state index in [2.05, 4.69) is 45.5 Å². The number of hydrogen-bond acceptors (Lipinski definition) is 5. The van der Waals surface area contributed by atoms with E-state index in [1.165, 1.54) is 5.39 Å². The second-order valence-corrected chi connectivity index (χ2v) is 7.50. The molecule has 2 aromatic rings. The molecule has 1 N–H and O–H groups in total. The number of ether oxygens (including phenoxy) is 1. The predicted octanol–water partition coefficient (Wildman–Crippen LogP) is 2.56. The fourth-order valence-electron chi connectivity index (χ4n) is 3.78. The number of rotatable bonds is 9. The van der Waals surface area contributed by atoms with Crippen molar-refractivity contribution < 1.29 is 9.53 Å². The molecule has 0 aromatic heterocycles. The summed E-state index contributed by atoms with van der Waals surface area (Å²) in [5.74, 6) is -0.00893. The van der Waals surface area contributed by atoms with Crippen molar-refractivity contribution in [2.24, 2.45) is 0 Å². The Morgan fingerprint density at radius 1 is 1.21 bits per heavy atom. The van der Waals surface area contributed by atoms with Crippen LogP contribution in [0.15, 0.2) is 42.5 Å². The number of nitrogens with zero attached hydrogens (tertiary/aromatic N) is 3. The molecule has 2 aromatic carbocycles. The van der Waals surface area contributed by atoms with Crippen LogP contribution in [0.2, 0.25) is 0 Å². The lowest BCUT2D eigenvalue weighted by molar-refractivity contribution is -0.123. The quantitative estimate of drug-likeness (QED) is 0.708. The van der Waals surface area contributed by atoms with Gasteiger partial charge in [0.15, 0.2) is 0 Å². The highest BCUT2D eigenvalue weighted by Gasteiger charge is 2.17. The van der Waals surface area contributed by atoms with Crippen molar-refractivity contribution in [1.29, 1.82) is 5.26 Å². The second-order valence-electron chi connectivity index (χ2n) is 7.50. The third-order valence-corrected chi connectivity index (χ3v) is 5.41. The largest absolute Gasteiger partial charge is 0.379 e. The fourth-order valence-corrected chi connectivity index (χ4v) is 3.78. The summed E-state index contributed by atoms with van der Waals surface area (Å²) < 4.78 is 5.39. The molecule has 29 heavy (non-hydrogen) atoms. The highest BCUT2D eigenvalue weighted by Crippen LogP contribution is 2.23. The number of nitrogens with one attached hydrogen (secondary N) is 1. The summed E-state index contributed by atoms with van der Waals surface area (Å²) in [6.07, 6.45) is 0.426. The predicted molar refractivity (Wildman–Crippen MR) is 114 cm³/mol. The van der Waals surface area contributed by atoms with Crippen molar-refractivity contribution in [3.8, 4) is 6.07 Å². The number of morpholine rings is 1. The average Bonchev–Trinajstić information content (AvgIpc) is 2.75. The molecule has 1 amide bonds. The zero-order valence-electron chi connectivity index (χ0n) is 17.1. The summed E-state index contributed by atoms with van der Waals surface area (Å²) >= 11 is 0. The van der Waals surface area contributed by atoms with Crippen LogP contribution in [0, 0.1) is 11.3 Å². The molecule has 6 heteroatoms. The molecule has 3 rings (SSSR count). The van der Waals surface area contributed by atoms with Gasteiger partial charge in [0.25, 0.3) is 0 Å². The Balaban J connectivity index is 1.57. The van der Waals surface area contributed by atoms with Crippen molar-refractivity contribution in [1.82, 2.24) is 15.1 Å². The van der Waals surface area contributed by atoms with Gasteiger partial charge < -0.3 is 10.1 Å². The zero-order chi connectivity index (χ0) is 20.5. The topological polar surface area (TPSA) is 68.6 Å². The van der Waals surface area contributed by atoms with Crippen LogP contribution < -0.4 is 5.32 Å². The maximum atomic E-state index is 12.7. The fraction of sp³-hybridized carbons (Fsp3) is 0.478. The van der Waals surface area contributed by atoms with E-state index >= 15 is 0 Å². The Morgan fingerprint density at radius 3 is 2.76 bits per heavy atom. The molecular formula is C23H30N4O2. The number of benzene rings is 2. The van der Waals surface area contributed by atoms with E-state index in [0.29, 0.717) is 19.5 Å². The smallest absolute Gasteiger partial charge is 0.234 e. The minimum absolute atomic E-state index is 0.00893. The molecule has 1 unspecified atom stereocenters. The number of nitriles is 1. The molecule has 1 saturated heterocycles. The number of carbonyl (C=O) groups is 1. The molecule has 1 fully saturated rings. The van der Waals surface area contributed by atoms with Gasteiger partial charge in [-0.1, -0.05) is 42.5 Å². The van der Waals surface area contributed by atoms with E-state index < -0.39 is 0 Å². The molecule has 1 atom stereocenters. The summed E-state index contributed by atoms with van der Waals surface area (Å²) in [6.45, 7) is 7.99. The highest BCUT2D eigenvalue weighted by atomic mass is 16.5. The first kappa shape index (κ1) is 21.3. The van der Waals surface area contributed by atoms with Gasteiger partial charge in [0.2, 0.25) is 5.91 Å². The van der Waals surface area contributed by atoms with Gasteiger partial charge in [-0.15, -0.1) is 0 Å². The minimum Gasteiger partial charge on any atom is -0.379 e. The van der Waals surface area contributed by atoms with Gasteiger partial charge in [-0.25, -0.2) is 0 Å². The van der Waals surface area contributed by atoms with E-state index in [9.17, 15) is 4.79 Å². The SMILES string of the molecule is CC(NC(=O)CN(CCC#N)CCN1CCOCC1)c1cccc2ccccc12. The lowest BCUT2D eigenvalue weighted by atomic mass is 10.00. The van der Waals surface area contributed by atoms with Crippen molar-refractivity contribution in [3.05, 3.63) is 48.0 Å². The summed E-state index contributed by atoms with van der Waals surface area (Å²) in [5.41, 5.74) is 1.12. The molecule has 6 nitrogen and oxygen atoms in total. The van der Waals surface area contributed by atoms with Crippen molar-refractivity contribution in [2.45, 2.75) is 19.4 Å². The molecule has 0 aliphatic carbocycles.